The number of piperazine rings is 1. The van der Waals surface area contributed by atoms with Crippen molar-refractivity contribution in [3.63, 3.8) is 0 Å². The van der Waals surface area contributed by atoms with Gasteiger partial charge in [0, 0.05) is 48.1 Å². The SMILES string of the molecule is CC1(NSc2cc(N3CCNCC3)c3c(c2)c(-c2nnc(C(F)F)s2)nc2ccnn23)CC1. The van der Waals surface area contributed by atoms with Gasteiger partial charge in [0.1, 0.15) is 5.69 Å². The van der Waals surface area contributed by atoms with Crippen LogP contribution in [0.3, 0.4) is 0 Å². The minimum absolute atomic E-state index is 0.160. The Hall–Kier alpha value is -2.41. The van der Waals surface area contributed by atoms with Crippen LogP contribution in [0.4, 0.5) is 14.5 Å². The Labute approximate surface area is 196 Å². The summed E-state index contributed by atoms with van der Waals surface area (Å²) >= 11 is 2.49. The summed E-state index contributed by atoms with van der Waals surface area (Å²) in [6, 6.07) is 6.06. The molecule has 4 aromatic rings. The molecule has 1 aromatic carbocycles. The van der Waals surface area contributed by atoms with Crippen LogP contribution in [0.1, 0.15) is 31.2 Å². The van der Waals surface area contributed by atoms with E-state index in [1.807, 2.05) is 10.6 Å². The Balaban J connectivity index is 1.58. The first-order valence-corrected chi connectivity index (χ1v) is 12.5. The number of fused-ring (bicyclic) bond motifs is 3. The van der Waals surface area contributed by atoms with Crippen molar-refractivity contribution in [3.8, 4) is 10.7 Å². The Kier molecular flexibility index (Phi) is 5.20. The summed E-state index contributed by atoms with van der Waals surface area (Å²) in [5.41, 5.74) is 3.31. The number of alkyl halides is 2. The highest BCUT2D eigenvalue weighted by molar-refractivity contribution is 7.97. The van der Waals surface area contributed by atoms with Crippen LogP contribution in [0, 0.1) is 0 Å². The standard InChI is InChI=1S/C21H22F2N8S2/c1-21(3-4-21)29-33-12-10-13-16(19-27-28-20(32-19)18(22)23)26-15-2-5-25-31(15)17(13)14(11-12)30-8-6-24-7-9-30/h2,5,10-11,18,24,29H,3-4,6-9H2,1H3. The van der Waals surface area contributed by atoms with Gasteiger partial charge in [0.15, 0.2) is 15.7 Å². The van der Waals surface area contributed by atoms with Gasteiger partial charge >= 0.3 is 0 Å². The zero-order valence-corrected chi connectivity index (χ0v) is 19.5. The highest BCUT2D eigenvalue weighted by atomic mass is 32.2. The highest BCUT2D eigenvalue weighted by Crippen LogP contribution is 2.41. The van der Waals surface area contributed by atoms with Crippen molar-refractivity contribution in [2.75, 3.05) is 31.1 Å². The van der Waals surface area contributed by atoms with E-state index in [4.69, 9.17) is 4.98 Å². The van der Waals surface area contributed by atoms with E-state index in [9.17, 15) is 8.78 Å². The molecule has 1 aliphatic carbocycles. The van der Waals surface area contributed by atoms with Crippen LogP contribution in [0.15, 0.2) is 29.3 Å². The zero-order chi connectivity index (χ0) is 22.6. The molecule has 0 radical (unpaired) electrons. The maximum atomic E-state index is 13.3. The first-order chi connectivity index (χ1) is 16.0. The average Bonchev–Trinajstić information content (AvgIpc) is 3.21. The van der Waals surface area contributed by atoms with Crippen LogP contribution in [-0.4, -0.2) is 56.5 Å². The molecule has 1 saturated heterocycles. The molecular weight excluding hydrogens is 466 g/mol. The minimum Gasteiger partial charge on any atom is -0.367 e. The Morgan fingerprint density at radius 1 is 1.21 bits per heavy atom. The lowest BCUT2D eigenvalue weighted by atomic mass is 10.1. The van der Waals surface area contributed by atoms with Crippen molar-refractivity contribution in [1.82, 2.24) is 34.8 Å². The van der Waals surface area contributed by atoms with Crippen molar-refractivity contribution in [2.45, 2.75) is 36.6 Å². The lowest BCUT2D eigenvalue weighted by Crippen LogP contribution is -2.43. The molecule has 0 bridgehead atoms. The van der Waals surface area contributed by atoms with Crippen molar-refractivity contribution in [1.29, 1.82) is 0 Å². The molecule has 1 aliphatic heterocycles. The predicted octanol–water partition coefficient (Wildman–Crippen LogP) is 3.90. The first kappa shape index (κ1) is 21.1. The van der Waals surface area contributed by atoms with Crippen LogP contribution in [0.25, 0.3) is 27.3 Å². The molecule has 0 spiro atoms. The normalized spacial score (nSPS) is 18.0. The third-order valence-corrected chi connectivity index (χ3v) is 8.09. The van der Waals surface area contributed by atoms with E-state index in [-0.39, 0.29) is 10.5 Å². The molecule has 2 fully saturated rings. The second-order valence-electron chi connectivity index (χ2n) is 8.65. The topological polar surface area (TPSA) is 83.3 Å². The van der Waals surface area contributed by atoms with Crippen LogP contribution in [-0.2, 0) is 0 Å². The van der Waals surface area contributed by atoms with E-state index < -0.39 is 6.43 Å². The van der Waals surface area contributed by atoms with Gasteiger partial charge in [0.25, 0.3) is 6.43 Å². The summed E-state index contributed by atoms with van der Waals surface area (Å²) in [5.74, 6) is 0. The molecule has 8 nitrogen and oxygen atoms in total. The van der Waals surface area contributed by atoms with Gasteiger partial charge in [-0.2, -0.15) is 5.10 Å². The smallest absolute Gasteiger partial charge is 0.291 e. The largest absolute Gasteiger partial charge is 0.367 e. The molecule has 1 saturated carbocycles. The number of rotatable bonds is 6. The van der Waals surface area contributed by atoms with Crippen LogP contribution in [0.5, 0.6) is 0 Å². The number of benzene rings is 1. The third-order valence-electron chi connectivity index (χ3n) is 6.08. The second-order valence-corrected chi connectivity index (χ2v) is 10.5. The lowest BCUT2D eigenvalue weighted by molar-refractivity contribution is 0.150. The van der Waals surface area contributed by atoms with Gasteiger partial charge in [-0.3, -0.25) is 4.72 Å². The lowest BCUT2D eigenvalue weighted by Gasteiger charge is -2.31. The van der Waals surface area contributed by atoms with E-state index >= 15 is 0 Å². The Morgan fingerprint density at radius 3 is 2.76 bits per heavy atom. The summed E-state index contributed by atoms with van der Waals surface area (Å²) in [6.45, 7) is 5.73. The van der Waals surface area contributed by atoms with Gasteiger partial charge < -0.3 is 10.2 Å². The Morgan fingerprint density at radius 2 is 2.03 bits per heavy atom. The van der Waals surface area contributed by atoms with Crippen molar-refractivity contribution in [2.24, 2.45) is 0 Å². The summed E-state index contributed by atoms with van der Waals surface area (Å²) in [6.07, 6.45) is 1.35. The molecule has 4 heterocycles. The summed E-state index contributed by atoms with van der Waals surface area (Å²) in [4.78, 5) is 8.14. The summed E-state index contributed by atoms with van der Waals surface area (Å²) < 4.78 is 31.9. The maximum Gasteiger partial charge on any atom is 0.291 e. The number of halogens is 2. The van der Waals surface area contributed by atoms with Crippen LogP contribution < -0.4 is 14.9 Å². The fourth-order valence-corrected chi connectivity index (χ4v) is 5.60. The van der Waals surface area contributed by atoms with Gasteiger partial charge in [-0.15, -0.1) is 10.2 Å². The van der Waals surface area contributed by atoms with Crippen LogP contribution in [0.2, 0.25) is 0 Å². The molecule has 2 N–H and O–H groups in total. The first-order valence-electron chi connectivity index (χ1n) is 10.8. The fraction of sp³-hybridized carbons (Fsp3) is 0.429. The number of aromatic nitrogens is 5. The quantitative estimate of drug-likeness (QED) is 0.396. The molecule has 0 atom stereocenters. The second kappa shape index (κ2) is 8.12. The highest BCUT2D eigenvalue weighted by Gasteiger charge is 2.37. The fourth-order valence-electron chi connectivity index (χ4n) is 3.98. The molecule has 172 valence electrons. The monoisotopic (exact) mass is 488 g/mol. The van der Waals surface area contributed by atoms with Crippen molar-refractivity contribution >= 4 is 45.5 Å². The number of hydrogen-bond donors (Lipinski definition) is 2. The van der Waals surface area contributed by atoms with Gasteiger partial charge in [-0.05, 0) is 43.8 Å². The number of nitrogens with one attached hydrogen (secondary N) is 2. The van der Waals surface area contributed by atoms with Gasteiger partial charge in [-0.1, -0.05) is 11.3 Å². The molecule has 0 unspecified atom stereocenters. The molecule has 12 heteroatoms. The number of anilines is 1. The van der Waals surface area contributed by atoms with E-state index in [2.05, 4.69) is 49.3 Å². The third kappa shape index (κ3) is 3.94. The van der Waals surface area contributed by atoms with E-state index in [0.29, 0.717) is 16.3 Å². The van der Waals surface area contributed by atoms with Crippen molar-refractivity contribution in [3.05, 3.63) is 29.4 Å². The van der Waals surface area contributed by atoms with Gasteiger partial charge in [0.2, 0.25) is 0 Å². The molecule has 2 aliphatic rings. The van der Waals surface area contributed by atoms with E-state index in [1.165, 1.54) is 0 Å². The number of nitrogens with zero attached hydrogens (tertiary/aromatic N) is 6. The average molecular weight is 489 g/mol. The molecule has 3 aromatic heterocycles. The summed E-state index contributed by atoms with van der Waals surface area (Å²) in [7, 11) is 0. The predicted molar refractivity (Wildman–Crippen MR) is 126 cm³/mol. The number of hydrogen-bond acceptors (Lipinski definition) is 9. The maximum absolute atomic E-state index is 13.3. The zero-order valence-electron chi connectivity index (χ0n) is 17.9. The molecule has 33 heavy (non-hydrogen) atoms. The van der Waals surface area contributed by atoms with Gasteiger partial charge in [-0.25, -0.2) is 18.3 Å². The van der Waals surface area contributed by atoms with Crippen LogP contribution >= 0.6 is 23.3 Å². The Bertz CT molecular complexity index is 1330. The molecular formula is C21H22F2N8S2. The molecule has 6 rings (SSSR count). The minimum atomic E-state index is -2.66. The van der Waals surface area contributed by atoms with E-state index in [1.54, 1.807) is 18.1 Å². The molecule has 0 amide bonds. The van der Waals surface area contributed by atoms with Gasteiger partial charge in [0.05, 0.1) is 17.4 Å². The summed E-state index contributed by atoms with van der Waals surface area (Å²) in [5, 5.41) is 16.6. The van der Waals surface area contributed by atoms with Crippen molar-refractivity contribution < 1.29 is 8.78 Å². The van der Waals surface area contributed by atoms with E-state index in [0.717, 1.165) is 71.8 Å².